The van der Waals surface area contributed by atoms with E-state index in [1.807, 2.05) is 4.90 Å². The minimum absolute atomic E-state index is 0.107. The summed E-state index contributed by atoms with van der Waals surface area (Å²) < 4.78 is 19.0. The van der Waals surface area contributed by atoms with Crippen molar-refractivity contribution < 1.29 is 19.0 Å². The molecule has 2 rings (SSSR count). The van der Waals surface area contributed by atoms with E-state index >= 15 is 0 Å². The minimum atomic E-state index is -0.907. The fourth-order valence-corrected chi connectivity index (χ4v) is 2.03. The molecule has 19 heavy (non-hydrogen) atoms. The number of hydrogen-bond donors (Lipinski definition) is 2. The molecule has 1 fully saturated rings. The van der Waals surface area contributed by atoms with Crippen LogP contribution in [0, 0.1) is 5.82 Å². The van der Waals surface area contributed by atoms with Gasteiger partial charge in [0.2, 0.25) is 0 Å². The molecule has 5 nitrogen and oxygen atoms in total. The quantitative estimate of drug-likeness (QED) is 0.828. The molecule has 104 valence electrons. The second-order valence-electron chi connectivity index (χ2n) is 4.38. The highest BCUT2D eigenvalue weighted by molar-refractivity contribution is 5.69. The molecule has 0 saturated carbocycles. The van der Waals surface area contributed by atoms with Gasteiger partial charge in [-0.3, -0.25) is 4.79 Å². The molecule has 0 unspecified atom stereocenters. The van der Waals surface area contributed by atoms with E-state index in [1.165, 1.54) is 6.07 Å². The fourth-order valence-electron chi connectivity index (χ4n) is 2.03. The zero-order chi connectivity index (χ0) is 13.7. The summed E-state index contributed by atoms with van der Waals surface area (Å²) in [5, 5.41) is 11.3. The summed E-state index contributed by atoms with van der Waals surface area (Å²) in [7, 11) is 0. The van der Waals surface area contributed by atoms with E-state index in [4.69, 9.17) is 9.84 Å². The Morgan fingerprint density at radius 1 is 1.42 bits per heavy atom. The Kier molecular flexibility index (Phi) is 4.70. The SMILES string of the molecule is O=C(O)CNCc1ccc(F)c(N2CCOCC2)c1. The van der Waals surface area contributed by atoms with Crippen LogP contribution in [0.5, 0.6) is 0 Å². The Morgan fingerprint density at radius 2 is 2.16 bits per heavy atom. The summed E-state index contributed by atoms with van der Waals surface area (Å²) in [6.07, 6.45) is 0. The number of benzene rings is 1. The third-order valence-electron chi connectivity index (χ3n) is 2.97. The van der Waals surface area contributed by atoms with Gasteiger partial charge in [0, 0.05) is 19.6 Å². The van der Waals surface area contributed by atoms with Gasteiger partial charge in [0.15, 0.2) is 0 Å². The first-order valence-corrected chi connectivity index (χ1v) is 6.20. The third kappa shape index (κ3) is 3.90. The maximum Gasteiger partial charge on any atom is 0.317 e. The van der Waals surface area contributed by atoms with Crippen molar-refractivity contribution in [2.75, 3.05) is 37.7 Å². The van der Waals surface area contributed by atoms with Crippen LogP contribution in [0.25, 0.3) is 0 Å². The number of morpholine rings is 1. The van der Waals surface area contributed by atoms with Gasteiger partial charge in [-0.25, -0.2) is 4.39 Å². The fraction of sp³-hybridized carbons (Fsp3) is 0.462. The second-order valence-corrected chi connectivity index (χ2v) is 4.38. The van der Waals surface area contributed by atoms with E-state index in [2.05, 4.69) is 5.32 Å². The van der Waals surface area contributed by atoms with Gasteiger partial charge in [-0.2, -0.15) is 0 Å². The molecule has 2 N–H and O–H groups in total. The molecular formula is C13H17FN2O3. The molecule has 0 radical (unpaired) electrons. The van der Waals surface area contributed by atoms with E-state index in [0.29, 0.717) is 38.5 Å². The van der Waals surface area contributed by atoms with E-state index < -0.39 is 5.97 Å². The highest BCUT2D eigenvalue weighted by atomic mass is 19.1. The summed E-state index contributed by atoms with van der Waals surface area (Å²) in [6, 6.07) is 4.84. The number of hydrogen-bond acceptors (Lipinski definition) is 4. The average molecular weight is 268 g/mol. The number of nitrogens with zero attached hydrogens (tertiary/aromatic N) is 1. The lowest BCUT2D eigenvalue weighted by Crippen LogP contribution is -2.36. The molecular weight excluding hydrogens is 251 g/mol. The van der Waals surface area contributed by atoms with Crippen LogP contribution in [0.3, 0.4) is 0 Å². The molecule has 1 saturated heterocycles. The Balaban J connectivity index is 2.03. The van der Waals surface area contributed by atoms with Crippen LogP contribution in [0.4, 0.5) is 10.1 Å². The van der Waals surface area contributed by atoms with Crippen molar-refractivity contribution in [1.82, 2.24) is 5.32 Å². The molecule has 0 amide bonds. The number of carboxylic acid groups (broad SMARTS) is 1. The maximum absolute atomic E-state index is 13.8. The Labute approximate surface area is 111 Å². The zero-order valence-corrected chi connectivity index (χ0v) is 10.6. The van der Waals surface area contributed by atoms with Gasteiger partial charge >= 0.3 is 5.97 Å². The van der Waals surface area contributed by atoms with Gasteiger partial charge in [0.25, 0.3) is 0 Å². The number of rotatable bonds is 5. The van der Waals surface area contributed by atoms with Crippen molar-refractivity contribution in [2.45, 2.75) is 6.54 Å². The number of aliphatic carboxylic acids is 1. The Hall–Kier alpha value is -1.66. The van der Waals surface area contributed by atoms with E-state index in [1.54, 1.807) is 12.1 Å². The third-order valence-corrected chi connectivity index (χ3v) is 2.97. The van der Waals surface area contributed by atoms with Crippen molar-refractivity contribution in [3.8, 4) is 0 Å². The van der Waals surface area contributed by atoms with Crippen molar-refractivity contribution in [3.05, 3.63) is 29.6 Å². The van der Waals surface area contributed by atoms with Crippen molar-refractivity contribution in [1.29, 1.82) is 0 Å². The molecule has 0 spiro atoms. The van der Waals surface area contributed by atoms with Crippen LogP contribution < -0.4 is 10.2 Å². The number of anilines is 1. The predicted molar refractivity (Wildman–Crippen MR) is 68.8 cm³/mol. The maximum atomic E-state index is 13.8. The first-order chi connectivity index (χ1) is 9.16. The second kappa shape index (κ2) is 6.49. The highest BCUT2D eigenvalue weighted by Crippen LogP contribution is 2.22. The molecule has 1 aliphatic heterocycles. The van der Waals surface area contributed by atoms with Gasteiger partial charge in [-0.15, -0.1) is 0 Å². The molecule has 0 bridgehead atoms. The molecule has 1 aliphatic rings. The standard InChI is InChI=1S/C13H17FN2O3/c14-11-2-1-10(8-15-9-13(17)18)7-12(11)16-3-5-19-6-4-16/h1-2,7,15H,3-6,8-9H2,(H,17,18). The summed E-state index contributed by atoms with van der Waals surface area (Å²) in [6.45, 7) is 2.84. The molecule has 0 aromatic heterocycles. The van der Waals surface area contributed by atoms with Crippen molar-refractivity contribution >= 4 is 11.7 Å². The van der Waals surface area contributed by atoms with Crippen LogP contribution >= 0.6 is 0 Å². The minimum Gasteiger partial charge on any atom is -0.480 e. The van der Waals surface area contributed by atoms with Crippen LogP contribution in [0.15, 0.2) is 18.2 Å². The topological polar surface area (TPSA) is 61.8 Å². The lowest BCUT2D eigenvalue weighted by Gasteiger charge is -2.29. The molecule has 1 heterocycles. The van der Waals surface area contributed by atoms with Crippen molar-refractivity contribution in [3.63, 3.8) is 0 Å². The smallest absolute Gasteiger partial charge is 0.317 e. The molecule has 6 heteroatoms. The molecule has 1 aromatic rings. The van der Waals surface area contributed by atoms with Gasteiger partial charge < -0.3 is 20.1 Å². The lowest BCUT2D eigenvalue weighted by molar-refractivity contribution is -0.135. The first-order valence-electron chi connectivity index (χ1n) is 6.20. The molecule has 0 aliphatic carbocycles. The van der Waals surface area contributed by atoms with E-state index in [9.17, 15) is 9.18 Å². The van der Waals surface area contributed by atoms with Gasteiger partial charge in [0.1, 0.15) is 5.82 Å². The van der Waals surface area contributed by atoms with Gasteiger partial charge in [0.05, 0.1) is 25.4 Å². The van der Waals surface area contributed by atoms with Crippen LogP contribution in [0.1, 0.15) is 5.56 Å². The number of halogens is 1. The largest absolute Gasteiger partial charge is 0.480 e. The van der Waals surface area contributed by atoms with Gasteiger partial charge in [-0.05, 0) is 17.7 Å². The van der Waals surface area contributed by atoms with Crippen LogP contribution in [-0.2, 0) is 16.1 Å². The lowest BCUT2D eigenvalue weighted by atomic mass is 10.1. The highest BCUT2D eigenvalue weighted by Gasteiger charge is 2.15. The number of ether oxygens (including phenoxy) is 1. The molecule has 1 aromatic carbocycles. The monoisotopic (exact) mass is 268 g/mol. The first kappa shape index (κ1) is 13.8. The van der Waals surface area contributed by atoms with Gasteiger partial charge in [-0.1, -0.05) is 6.07 Å². The normalized spacial score (nSPS) is 15.5. The van der Waals surface area contributed by atoms with E-state index in [0.717, 1.165) is 5.56 Å². The Bertz CT molecular complexity index is 448. The number of carbonyl (C=O) groups is 1. The van der Waals surface area contributed by atoms with E-state index in [-0.39, 0.29) is 12.4 Å². The van der Waals surface area contributed by atoms with Crippen LogP contribution in [-0.4, -0.2) is 43.9 Å². The Morgan fingerprint density at radius 3 is 2.84 bits per heavy atom. The molecule has 0 atom stereocenters. The average Bonchev–Trinajstić information content (AvgIpc) is 2.41. The predicted octanol–water partition coefficient (Wildman–Crippen LogP) is 0.836. The summed E-state index contributed by atoms with van der Waals surface area (Å²) in [5.41, 5.74) is 1.42. The van der Waals surface area contributed by atoms with Crippen molar-refractivity contribution in [2.24, 2.45) is 0 Å². The number of nitrogens with one attached hydrogen (secondary N) is 1. The summed E-state index contributed by atoms with van der Waals surface area (Å²) >= 11 is 0. The summed E-state index contributed by atoms with van der Waals surface area (Å²) in [5.74, 6) is -1.17. The summed E-state index contributed by atoms with van der Waals surface area (Å²) in [4.78, 5) is 12.4. The van der Waals surface area contributed by atoms with Crippen LogP contribution in [0.2, 0.25) is 0 Å². The zero-order valence-electron chi connectivity index (χ0n) is 10.6. The number of carboxylic acids is 1.